The van der Waals surface area contributed by atoms with Crippen LogP contribution in [0.4, 0.5) is 4.79 Å². The summed E-state index contributed by atoms with van der Waals surface area (Å²) >= 11 is 0. The number of nitrogens with zero attached hydrogens (tertiary/aromatic N) is 1. The minimum Gasteiger partial charge on any atom is -0.491 e. The molecule has 5 atom stereocenters. The van der Waals surface area contributed by atoms with E-state index < -0.39 is 17.5 Å². The van der Waals surface area contributed by atoms with Gasteiger partial charge in [-0.25, -0.2) is 4.79 Å². The van der Waals surface area contributed by atoms with Crippen LogP contribution in [0.1, 0.15) is 79.4 Å². The van der Waals surface area contributed by atoms with Gasteiger partial charge in [-0.3, -0.25) is 4.84 Å². The van der Waals surface area contributed by atoms with Crippen LogP contribution in [0.15, 0.2) is 24.3 Å². The molecule has 1 aromatic carbocycles. The van der Waals surface area contributed by atoms with Gasteiger partial charge in [0.15, 0.2) is 11.4 Å². The van der Waals surface area contributed by atoms with Gasteiger partial charge in [-0.2, -0.15) is 5.06 Å². The van der Waals surface area contributed by atoms with E-state index in [-0.39, 0.29) is 42.4 Å². The Labute approximate surface area is 226 Å². The summed E-state index contributed by atoms with van der Waals surface area (Å²) in [6.45, 7) is 16.6. The van der Waals surface area contributed by atoms with E-state index in [1.54, 1.807) is 6.92 Å². The van der Waals surface area contributed by atoms with Crippen molar-refractivity contribution in [2.24, 2.45) is 5.92 Å². The minimum atomic E-state index is -0.910. The van der Waals surface area contributed by atoms with Crippen LogP contribution in [0.3, 0.4) is 0 Å². The van der Waals surface area contributed by atoms with Crippen molar-refractivity contribution >= 4 is 6.16 Å². The highest BCUT2D eigenvalue weighted by atomic mass is 16.8. The average Bonchev–Trinajstić information content (AvgIpc) is 3.75. The summed E-state index contributed by atoms with van der Waals surface area (Å²) in [5, 5.41) is 2.21. The van der Waals surface area contributed by atoms with Crippen LogP contribution in [0.25, 0.3) is 0 Å². The van der Waals surface area contributed by atoms with Crippen molar-refractivity contribution in [3.8, 4) is 5.75 Å². The third-order valence-corrected chi connectivity index (χ3v) is 8.84. The Morgan fingerprint density at radius 3 is 2.26 bits per heavy atom. The summed E-state index contributed by atoms with van der Waals surface area (Å²) in [5.74, 6) is -0.0338. The van der Waals surface area contributed by atoms with E-state index in [4.69, 9.17) is 28.5 Å². The van der Waals surface area contributed by atoms with E-state index in [9.17, 15) is 4.79 Å². The smallest absolute Gasteiger partial charge is 0.491 e. The largest absolute Gasteiger partial charge is 0.508 e. The van der Waals surface area contributed by atoms with E-state index in [1.807, 2.05) is 12.1 Å². The molecule has 0 saturated carbocycles. The van der Waals surface area contributed by atoms with Crippen molar-refractivity contribution in [1.82, 2.24) is 5.06 Å². The quantitative estimate of drug-likeness (QED) is 0.304. The number of carbonyl (C=O) groups excluding carboxylic acids is 1. The van der Waals surface area contributed by atoms with Crippen molar-refractivity contribution in [2.75, 3.05) is 33.5 Å². The Hall–Kier alpha value is -1.91. The lowest BCUT2D eigenvalue weighted by molar-refractivity contribution is -0.418. The number of epoxide rings is 1. The van der Waals surface area contributed by atoms with E-state index in [0.29, 0.717) is 13.0 Å². The molecule has 3 fully saturated rings. The summed E-state index contributed by atoms with van der Waals surface area (Å²) in [6, 6.07) is 8.09. The standard InChI is InChI=1S/C29H45NO8/c1-9-26(5)17-29(35-18-27(6,19-36-29)37-25(31)32-8)21(4)28(7,10-2)30(26)38-20(3)22-11-13-23(14-12-22)33-15-24-16-34-24/h11-14,20-21,24H,9-10,15-19H2,1-8H3. The second-order valence-electron chi connectivity index (χ2n) is 11.7. The first-order valence-corrected chi connectivity index (χ1v) is 13.8. The zero-order valence-electron chi connectivity index (χ0n) is 24.2. The van der Waals surface area contributed by atoms with Crippen LogP contribution in [0.5, 0.6) is 5.75 Å². The van der Waals surface area contributed by atoms with E-state index in [0.717, 1.165) is 30.8 Å². The summed E-state index contributed by atoms with van der Waals surface area (Å²) in [5.41, 5.74) is -0.588. The van der Waals surface area contributed by atoms with Gasteiger partial charge in [0.1, 0.15) is 24.6 Å². The van der Waals surface area contributed by atoms with Crippen molar-refractivity contribution < 1.29 is 38.1 Å². The Kier molecular flexibility index (Phi) is 8.36. The fourth-order valence-corrected chi connectivity index (χ4v) is 5.68. The van der Waals surface area contributed by atoms with Crippen molar-refractivity contribution in [3.63, 3.8) is 0 Å². The molecule has 0 aliphatic carbocycles. The fraction of sp³-hybridized carbons (Fsp3) is 0.759. The molecule has 0 amide bonds. The summed E-state index contributed by atoms with van der Waals surface area (Å²) in [4.78, 5) is 18.6. The molecule has 3 heterocycles. The van der Waals surface area contributed by atoms with Crippen molar-refractivity contribution in [2.45, 2.75) is 102 Å². The molecule has 1 spiro atoms. The fourth-order valence-electron chi connectivity index (χ4n) is 5.68. The number of hydrogen-bond donors (Lipinski definition) is 0. The molecule has 0 N–H and O–H groups in total. The van der Waals surface area contributed by atoms with Crippen LogP contribution in [-0.2, 0) is 28.5 Å². The predicted octanol–water partition coefficient (Wildman–Crippen LogP) is 5.42. The molecule has 214 valence electrons. The van der Waals surface area contributed by atoms with Crippen LogP contribution in [0.2, 0.25) is 0 Å². The highest BCUT2D eigenvalue weighted by Gasteiger charge is 2.64. The Morgan fingerprint density at radius 2 is 1.74 bits per heavy atom. The number of benzene rings is 1. The molecular weight excluding hydrogens is 490 g/mol. The molecular formula is C29H45NO8. The number of rotatable bonds is 9. The second-order valence-corrected chi connectivity index (χ2v) is 11.7. The molecule has 0 bridgehead atoms. The Morgan fingerprint density at radius 1 is 1.11 bits per heavy atom. The number of ether oxygens (including phenoxy) is 6. The Bertz CT molecular complexity index is 958. The zero-order valence-corrected chi connectivity index (χ0v) is 24.2. The topological polar surface area (TPSA) is 88.2 Å². The van der Waals surface area contributed by atoms with E-state index in [2.05, 4.69) is 63.5 Å². The molecule has 3 aliphatic heterocycles. The van der Waals surface area contributed by atoms with Gasteiger partial charge in [0, 0.05) is 17.9 Å². The summed E-state index contributed by atoms with van der Waals surface area (Å²) in [7, 11) is 1.29. The summed E-state index contributed by atoms with van der Waals surface area (Å²) < 4.78 is 34.2. The molecule has 3 aliphatic rings. The highest BCUT2D eigenvalue weighted by Crippen LogP contribution is 2.54. The second kappa shape index (κ2) is 10.9. The lowest BCUT2D eigenvalue weighted by Gasteiger charge is -2.64. The number of piperidine rings is 1. The first-order chi connectivity index (χ1) is 17.9. The monoisotopic (exact) mass is 535 g/mol. The van der Waals surface area contributed by atoms with Gasteiger partial charge in [-0.1, -0.05) is 32.9 Å². The third-order valence-electron chi connectivity index (χ3n) is 8.84. The SMILES string of the molecule is CCC1(C)CC2(OCC(C)(OC(=O)OC)CO2)C(C)C(C)(CC)N1OC(C)c1ccc(OCC2CO2)cc1. The van der Waals surface area contributed by atoms with Crippen LogP contribution in [-0.4, -0.2) is 73.3 Å². The molecule has 9 heteroatoms. The normalized spacial score (nSPS) is 38.0. The van der Waals surface area contributed by atoms with Gasteiger partial charge in [0.25, 0.3) is 0 Å². The van der Waals surface area contributed by atoms with Gasteiger partial charge < -0.3 is 28.4 Å². The van der Waals surface area contributed by atoms with Gasteiger partial charge in [0.2, 0.25) is 0 Å². The molecule has 5 unspecified atom stereocenters. The van der Waals surface area contributed by atoms with E-state index >= 15 is 0 Å². The number of methoxy groups -OCH3 is 1. The van der Waals surface area contributed by atoms with Crippen LogP contribution >= 0.6 is 0 Å². The number of hydrogen-bond acceptors (Lipinski definition) is 9. The average molecular weight is 536 g/mol. The van der Waals surface area contributed by atoms with Crippen LogP contribution in [0, 0.1) is 5.92 Å². The lowest BCUT2D eigenvalue weighted by atomic mass is 9.67. The number of hydroxylamine groups is 2. The lowest BCUT2D eigenvalue weighted by Crippen LogP contribution is -2.74. The molecule has 3 saturated heterocycles. The maximum atomic E-state index is 11.8. The number of carbonyl (C=O) groups is 1. The van der Waals surface area contributed by atoms with Crippen molar-refractivity contribution in [1.29, 1.82) is 0 Å². The predicted molar refractivity (Wildman–Crippen MR) is 141 cm³/mol. The van der Waals surface area contributed by atoms with Gasteiger partial charge >= 0.3 is 6.16 Å². The maximum absolute atomic E-state index is 11.8. The molecule has 9 nitrogen and oxygen atoms in total. The minimum absolute atomic E-state index is 0.0325. The molecule has 4 rings (SSSR count). The first-order valence-electron chi connectivity index (χ1n) is 13.8. The van der Waals surface area contributed by atoms with Gasteiger partial charge in [0.05, 0.1) is 32.5 Å². The van der Waals surface area contributed by atoms with E-state index in [1.165, 1.54) is 7.11 Å². The summed E-state index contributed by atoms with van der Waals surface area (Å²) in [6.07, 6.45) is 1.60. The first kappa shape index (κ1) is 29.1. The molecule has 0 radical (unpaired) electrons. The molecule has 0 aromatic heterocycles. The van der Waals surface area contributed by atoms with Crippen molar-refractivity contribution in [3.05, 3.63) is 29.8 Å². The maximum Gasteiger partial charge on any atom is 0.508 e. The van der Waals surface area contributed by atoms with Gasteiger partial charge in [-0.15, -0.1) is 0 Å². The molecule has 38 heavy (non-hydrogen) atoms. The highest BCUT2D eigenvalue weighted by molar-refractivity contribution is 5.60. The van der Waals surface area contributed by atoms with Gasteiger partial charge in [-0.05, 0) is 58.2 Å². The zero-order chi connectivity index (χ0) is 27.8. The molecule has 1 aromatic rings. The van der Waals surface area contributed by atoms with Crippen LogP contribution < -0.4 is 4.74 Å². The third kappa shape index (κ3) is 5.68. The Balaban J connectivity index is 1.51.